The SMILES string of the molecule is C=CCOc1ccc([N+](=O)[O-])c(CS(=O)(=O)c2ccc(C)cc2)c1C(=O)OC. The fourth-order valence-corrected chi connectivity index (χ4v) is 3.94. The molecule has 2 rings (SSSR count). The zero-order valence-corrected chi connectivity index (χ0v) is 16.2. The molecule has 2 aromatic carbocycles. The number of ether oxygens (including phenoxy) is 2. The summed E-state index contributed by atoms with van der Waals surface area (Å²) in [6.45, 7) is 5.32. The van der Waals surface area contributed by atoms with E-state index in [0.717, 1.165) is 18.7 Å². The molecule has 0 aromatic heterocycles. The standard InChI is InChI=1S/C19H19NO7S/c1-4-11-27-17-10-9-16(20(22)23)15(18(17)19(21)26-3)12-28(24,25)14-7-5-13(2)6-8-14/h4-10H,1,11-12H2,2-3H3. The van der Waals surface area contributed by atoms with E-state index in [1.165, 1.54) is 24.3 Å². The Balaban J connectivity index is 2.67. The highest BCUT2D eigenvalue weighted by Crippen LogP contribution is 2.34. The Labute approximate surface area is 162 Å². The molecule has 0 aliphatic heterocycles. The van der Waals surface area contributed by atoms with Crippen LogP contribution >= 0.6 is 0 Å². The van der Waals surface area contributed by atoms with Crippen molar-refractivity contribution in [1.29, 1.82) is 0 Å². The van der Waals surface area contributed by atoms with Crippen LogP contribution in [0.5, 0.6) is 5.75 Å². The molecule has 8 nitrogen and oxygen atoms in total. The van der Waals surface area contributed by atoms with E-state index in [1.807, 2.05) is 0 Å². The fraction of sp³-hybridized carbons (Fsp3) is 0.211. The second-order valence-corrected chi connectivity index (χ2v) is 7.85. The maximum absolute atomic E-state index is 12.8. The summed E-state index contributed by atoms with van der Waals surface area (Å²) in [6, 6.07) is 8.39. The quantitative estimate of drug-likeness (QED) is 0.287. The van der Waals surface area contributed by atoms with Crippen LogP contribution in [0, 0.1) is 17.0 Å². The molecule has 0 heterocycles. The number of benzene rings is 2. The molecule has 0 bridgehead atoms. The lowest BCUT2D eigenvalue weighted by molar-refractivity contribution is -0.385. The summed E-state index contributed by atoms with van der Waals surface area (Å²) in [5.74, 6) is -1.72. The number of carbonyl (C=O) groups excluding carboxylic acids is 1. The predicted molar refractivity (Wildman–Crippen MR) is 102 cm³/mol. The summed E-state index contributed by atoms with van der Waals surface area (Å²) >= 11 is 0. The number of esters is 1. The Kier molecular flexibility index (Phi) is 6.53. The minimum atomic E-state index is -3.98. The molecule has 0 atom stereocenters. The summed E-state index contributed by atoms with van der Waals surface area (Å²) in [7, 11) is -2.88. The molecule has 28 heavy (non-hydrogen) atoms. The normalized spacial score (nSPS) is 10.9. The van der Waals surface area contributed by atoms with Crippen LogP contribution in [0.25, 0.3) is 0 Å². The number of aryl methyl sites for hydroxylation is 1. The van der Waals surface area contributed by atoms with Gasteiger partial charge in [0.05, 0.1) is 28.2 Å². The predicted octanol–water partition coefficient (Wildman–Crippen LogP) is 3.23. The van der Waals surface area contributed by atoms with Crippen molar-refractivity contribution in [2.24, 2.45) is 0 Å². The van der Waals surface area contributed by atoms with Gasteiger partial charge in [0.2, 0.25) is 0 Å². The smallest absolute Gasteiger partial charge is 0.342 e. The van der Waals surface area contributed by atoms with Crippen molar-refractivity contribution in [3.8, 4) is 5.75 Å². The van der Waals surface area contributed by atoms with E-state index in [4.69, 9.17) is 9.47 Å². The molecule has 0 fully saturated rings. The summed E-state index contributed by atoms with van der Waals surface area (Å²) in [5.41, 5.74) is -0.240. The Morgan fingerprint density at radius 2 is 1.86 bits per heavy atom. The lowest BCUT2D eigenvalue weighted by Gasteiger charge is -2.14. The Hall–Kier alpha value is -3.20. The van der Waals surface area contributed by atoms with E-state index >= 15 is 0 Å². The molecule has 0 N–H and O–H groups in total. The first-order valence-corrected chi connectivity index (χ1v) is 9.78. The second kappa shape index (κ2) is 8.66. The summed E-state index contributed by atoms with van der Waals surface area (Å²) < 4.78 is 35.8. The first-order chi connectivity index (χ1) is 13.2. The molecule has 0 saturated heterocycles. The van der Waals surface area contributed by atoms with Crippen molar-refractivity contribution in [2.75, 3.05) is 13.7 Å². The van der Waals surface area contributed by atoms with Crippen molar-refractivity contribution < 1.29 is 27.6 Å². The van der Waals surface area contributed by atoms with Crippen LogP contribution in [0.1, 0.15) is 21.5 Å². The summed E-state index contributed by atoms with van der Waals surface area (Å²) in [4.78, 5) is 23.0. The van der Waals surface area contributed by atoms with E-state index in [-0.39, 0.29) is 28.4 Å². The van der Waals surface area contributed by atoms with Gasteiger partial charge in [-0.15, -0.1) is 0 Å². The minimum Gasteiger partial charge on any atom is -0.489 e. The summed E-state index contributed by atoms with van der Waals surface area (Å²) in [5, 5.41) is 11.5. The third-order valence-corrected chi connectivity index (χ3v) is 5.57. The van der Waals surface area contributed by atoms with Gasteiger partial charge in [0, 0.05) is 6.07 Å². The van der Waals surface area contributed by atoms with Crippen LogP contribution < -0.4 is 4.74 Å². The lowest BCUT2D eigenvalue weighted by Crippen LogP contribution is -2.15. The zero-order chi connectivity index (χ0) is 20.9. The van der Waals surface area contributed by atoms with Crippen LogP contribution in [0.2, 0.25) is 0 Å². The monoisotopic (exact) mass is 405 g/mol. The van der Waals surface area contributed by atoms with Crippen LogP contribution in [-0.4, -0.2) is 33.0 Å². The second-order valence-electron chi connectivity index (χ2n) is 5.86. The molecule has 0 unspecified atom stereocenters. The van der Waals surface area contributed by atoms with Gasteiger partial charge in [-0.05, 0) is 25.1 Å². The molecule has 0 aliphatic carbocycles. The molecule has 0 amide bonds. The molecule has 0 saturated carbocycles. The van der Waals surface area contributed by atoms with Crippen LogP contribution in [0.3, 0.4) is 0 Å². The van der Waals surface area contributed by atoms with E-state index in [2.05, 4.69) is 6.58 Å². The first-order valence-electron chi connectivity index (χ1n) is 8.13. The van der Waals surface area contributed by atoms with Crippen molar-refractivity contribution >= 4 is 21.5 Å². The van der Waals surface area contributed by atoms with Gasteiger partial charge in [-0.3, -0.25) is 10.1 Å². The Bertz CT molecular complexity index is 1010. The van der Waals surface area contributed by atoms with Crippen LogP contribution in [-0.2, 0) is 20.3 Å². The molecule has 0 aliphatic rings. The summed E-state index contributed by atoms with van der Waals surface area (Å²) in [6.07, 6.45) is 1.42. The molecule has 9 heteroatoms. The van der Waals surface area contributed by atoms with Gasteiger partial charge in [0.25, 0.3) is 5.69 Å². The van der Waals surface area contributed by atoms with Crippen molar-refractivity contribution in [3.63, 3.8) is 0 Å². The van der Waals surface area contributed by atoms with E-state index in [9.17, 15) is 23.3 Å². The lowest BCUT2D eigenvalue weighted by atomic mass is 10.1. The van der Waals surface area contributed by atoms with Gasteiger partial charge >= 0.3 is 5.97 Å². The first kappa shape index (κ1) is 21.1. The molecule has 0 spiro atoms. The van der Waals surface area contributed by atoms with Crippen LogP contribution in [0.4, 0.5) is 5.69 Å². The number of nitro benzene ring substituents is 1. The van der Waals surface area contributed by atoms with Gasteiger partial charge in [0.15, 0.2) is 9.84 Å². The Morgan fingerprint density at radius 1 is 1.21 bits per heavy atom. The van der Waals surface area contributed by atoms with Gasteiger partial charge in [-0.2, -0.15) is 0 Å². The highest BCUT2D eigenvalue weighted by atomic mass is 32.2. The van der Waals surface area contributed by atoms with E-state index < -0.39 is 32.2 Å². The number of sulfone groups is 1. The minimum absolute atomic E-state index is 0.0133. The van der Waals surface area contributed by atoms with Crippen molar-refractivity contribution in [2.45, 2.75) is 17.6 Å². The van der Waals surface area contributed by atoms with E-state index in [1.54, 1.807) is 19.1 Å². The Morgan fingerprint density at radius 3 is 2.39 bits per heavy atom. The number of rotatable bonds is 8. The number of methoxy groups -OCH3 is 1. The number of nitro groups is 1. The van der Waals surface area contributed by atoms with Gasteiger partial charge in [-0.1, -0.05) is 30.4 Å². The number of nitrogens with zero attached hydrogens (tertiary/aromatic N) is 1. The highest BCUT2D eigenvalue weighted by Gasteiger charge is 2.31. The third kappa shape index (κ3) is 4.55. The van der Waals surface area contributed by atoms with Gasteiger partial charge in [-0.25, -0.2) is 13.2 Å². The highest BCUT2D eigenvalue weighted by molar-refractivity contribution is 7.90. The molecular weight excluding hydrogens is 386 g/mol. The molecule has 2 aromatic rings. The molecular formula is C19H19NO7S. The number of carbonyl (C=O) groups is 1. The van der Waals surface area contributed by atoms with Crippen molar-refractivity contribution in [3.05, 3.63) is 75.9 Å². The number of hydrogen-bond acceptors (Lipinski definition) is 7. The maximum atomic E-state index is 12.8. The molecule has 0 radical (unpaired) electrons. The molecule has 148 valence electrons. The topological polar surface area (TPSA) is 113 Å². The van der Waals surface area contributed by atoms with E-state index in [0.29, 0.717) is 0 Å². The fourth-order valence-electron chi connectivity index (χ4n) is 2.55. The van der Waals surface area contributed by atoms with Crippen molar-refractivity contribution in [1.82, 2.24) is 0 Å². The van der Waals surface area contributed by atoms with Gasteiger partial charge in [0.1, 0.15) is 17.9 Å². The number of hydrogen-bond donors (Lipinski definition) is 0. The van der Waals surface area contributed by atoms with Crippen LogP contribution in [0.15, 0.2) is 53.9 Å². The average molecular weight is 405 g/mol. The largest absolute Gasteiger partial charge is 0.489 e. The maximum Gasteiger partial charge on any atom is 0.342 e. The third-order valence-electron chi connectivity index (χ3n) is 3.91. The van der Waals surface area contributed by atoms with Gasteiger partial charge < -0.3 is 9.47 Å². The average Bonchev–Trinajstić information content (AvgIpc) is 2.65. The zero-order valence-electron chi connectivity index (χ0n) is 15.4.